The Labute approximate surface area is 204 Å². The number of hydrogen-bond donors (Lipinski definition) is 1. The number of likely N-dealkylation sites (tertiary alicyclic amines) is 1. The molecule has 2 aromatic rings. The molecule has 0 saturated carbocycles. The maximum absolute atomic E-state index is 13.4. The van der Waals surface area contributed by atoms with Crippen LogP contribution in [0, 0.1) is 11.3 Å². The van der Waals surface area contributed by atoms with Crippen LogP contribution in [0.3, 0.4) is 0 Å². The first-order chi connectivity index (χ1) is 16.1. The number of rotatable bonds is 6. The minimum atomic E-state index is -4.64. The number of aliphatic hydroxyl groups excluding tert-OH is 1. The van der Waals surface area contributed by atoms with Crippen LogP contribution in [0.15, 0.2) is 59.5 Å². The van der Waals surface area contributed by atoms with E-state index in [9.17, 15) is 31.5 Å². The Bertz CT molecular complexity index is 1150. The molecule has 1 aliphatic rings. The molecule has 1 unspecified atom stereocenters. The van der Waals surface area contributed by atoms with Gasteiger partial charge in [0, 0.05) is 13.1 Å². The van der Waals surface area contributed by atoms with Gasteiger partial charge in [-0.05, 0) is 70.2 Å². The van der Waals surface area contributed by atoms with Crippen LogP contribution in [0.4, 0.5) is 13.2 Å². The number of carbonyl (C=O) groups excluding carboxylic acids is 1. The summed E-state index contributed by atoms with van der Waals surface area (Å²) >= 11 is 0. The van der Waals surface area contributed by atoms with Crippen molar-refractivity contribution in [2.24, 2.45) is 11.3 Å². The summed E-state index contributed by atoms with van der Waals surface area (Å²) in [5, 5.41) is 10.8. The van der Waals surface area contributed by atoms with E-state index in [1.807, 2.05) is 6.07 Å². The first kappa shape index (κ1) is 27.2. The van der Waals surface area contributed by atoms with Crippen LogP contribution < -0.4 is 0 Å². The normalized spacial score (nSPS) is 17.3. The highest BCUT2D eigenvalue weighted by Gasteiger charge is 2.46. The molecule has 1 heterocycles. The molecule has 9 heteroatoms. The molecule has 1 fully saturated rings. The lowest BCUT2D eigenvalue weighted by molar-refractivity contribution is -0.148. The fourth-order valence-corrected chi connectivity index (χ4v) is 6.54. The third kappa shape index (κ3) is 5.26. The molecule has 0 spiro atoms. The quantitative estimate of drug-likeness (QED) is 0.575. The predicted molar refractivity (Wildman–Crippen MR) is 127 cm³/mol. The van der Waals surface area contributed by atoms with Gasteiger partial charge in [-0.2, -0.15) is 13.2 Å². The van der Waals surface area contributed by atoms with E-state index in [1.165, 1.54) is 19.9 Å². The first-order valence-electron chi connectivity index (χ1n) is 11.5. The van der Waals surface area contributed by atoms with Crippen LogP contribution in [0.2, 0.25) is 0 Å². The maximum Gasteiger partial charge on any atom is 0.416 e. The van der Waals surface area contributed by atoms with Gasteiger partial charge < -0.3 is 10.0 Å². The Morgan fingerprint density at radius 3 is 2.09 bits per heavy atom. The van der Waals surface area contributed by atoms with Crippen LogP contribution >= 0.6 is 0 Å². The Kier molecular flexibility index (Phi) is 7.44. The highest BCUT2D eigenvalue weighted by Crippen LogP contribution is 2.41. The Morgan fingerprint density at radius 1 is 0.971 bits per heavy atom. The van der Waals surface area contributed by atoms with Crippen molar-refractivity contribution >= 4 is 15.7 Å². The van der Waals surface area contributed by atoms with Gasteiger partial charge in [-0.15, -0.1) is 0 Å². The number of hydrogen-bond acceptors (Lipinski definition) is 4. The van der Waals surface area contributed by atoms with E-state index in [-0.39, 0.29) is 16.7 Å². The van der Waals surface area contributed by atoms with E-state index in [4.69, 9.17) is 0 Å². The summed E-state index contributed by atoms with van der Waals surface area (Å²) < 4.78 is 64.8. The zero-order chi connectivity index (χ0) is 26.2. The molecule has 35 heavy (non-hydrogen) atoms. The maximum atomic E-state index is 13.4. The fourth-order valence-electron chi connectivity index (χ4n) is 4.72. The Morgan fingerprint density at radius 2 is 1.54 bits per heavy atom. The van der Waals surface area contributed by atoms with E-state index >= 15 is 0 Å². The summed E-state index contributed by atoms with van der Waals surface area (Å²) in [6.07, 6.45) is -4.88. The molecule has 1 N–H and O–H groups in total. The average molecular weight is 512 g/mol. The number of carbonyl (C=O) groups is 1. The molecule has 0 radical (unpaired) electrons. The minimum Gasteiger partial charge on any atom is -0.387 e. The number of aliphatic hydroxyl groups is 1. The number of benzene rings is 2. The second-order valence-corrected chi connectivity index (χ2v) is 12.8. The van der Waals surface area contributed by atoms with Crippen molar-refractivity contribution in [3.8, 4) is 0 Å². The van der Waals surface area contributed by atoms with Gasteiger partial charge in [0.2, 0.25) is 5.91 Å². The molecule has 1 atom stereocenters. The number of halogens is 3. The van der Waals surface area contributed by atoms with Gasteiger partial charge >= 0.3 is 6.18 Å². The average Bonchev–Trinajstić information content (AvgIpc) is 2.83. The lowest BCUT2D eigenvalue weighted by atomic mass is 9.79. The van der Waals surface area contributed by atoms with Gasteiger partial charge in [-0.1, -0.05) is 36.4 Å². The molecule has 1 amide bonds. The lowest BCUT2D eigenvalue weighted by Gasteiger charge is -2.43. The van der Waals surface area contributed by atoms with E-state index < -0.39 is 37.8 Å². The van der Waals surface area contributed by atoms with Crippen molar-refractivity contribution in [1.29, 1.82) is 0 Å². The summed E-state index contributed by atoms with van der Waals surface area (Å²) in [5.74, 6) is -0.584. The van der Waals surface area contributed by atoms with Crippen LogP contribution in [-0.2, 0) is 20.8 Å². The number of amides is 1. The molecule has 5 nitrogen and oxygen atoms in total. The summed E-state index contributed by atoms with van der Waals surface area (Å²) in [6.45, 7) is 7.04. The fraction of sp³-hybridized carbons (Fsp3) is 0.500. The number of piperidine rings is 1. The molecule has 1 aliphatic heterocycles. The van der Waals surface area contributed by atoms with Gasteiger partial charge in [-0.3, -0.25) is 4.79 Å². The van der Waals surface area contributed by atoms with Crippen molar-refractivity contribution < 1.29 is 31.5 Å². The Balaban J connectivity index is 1.74. The SMILES string of the molecule is CC(C)(C(=O)N1CCC(C(C)(C)S(=O)(=O)c2cccc(C(F)(F)F)c2)CC1)C(O)c1ccccc1. The lowest BCUT2D eigenvalue weighted by Crippen LogP contribution is -2.51. The molecule has 1 saturated heterocycles. The zero-order valence-corrected chi connectivity index (χ0v) is 21.2. The molecule has 0 aliphatic carbocycles. The highest BCUT2D eigenvalue weighted by atomic mass is 32.2. The van der Waals surface area contributed by atoms with Crippen LogP contribution in [0.1, 0.15) is 57.8 Å². The molecule has 0 aromatic heterocycles. The number of alkyl halides is 3. The van der Waals surface area contributed by atoms with Crippen molar-refractivity contribution in [2.45, 2.75) is 62.5 Å². The molecule has 0 bridgehead atoms. The smallest absolute Gasteiger partial charge is 0.387 e. The molecule has 192 valence electrons. The van der Waals surface area contributed by atoms with E-state index in [0.29, 0.717) is 37.6 Å². The third-order valence-electron chi connectivity index (χ3n) is 7.28. The largest absolute Gasteiger partial charge is 0.416 e. The summed E-state index contributed by atoms with van der Waals surface area (Å²) in [5.41, 5.74) is -1.46. The topological polar surface area (TPSA) is 74.7 Å². The van der Waals surface area contributed by atoms with E-state index in [0.717, 1.165) is 12.1 Å². The van der Waals surface area contributed by atoms with Gasteiger partial charge in [0.1, 0.15) is 0 Å². The van der Waals surface area contributed by atoms with Gasteiger partial charge in [0.15, 0.2) is 9.84 Å². The van der Waals surface area contributed by atoms with Gasteiger partial charge in [0.05, 0.1) is 26.7 Å². The highest BCUT2D eigenvalue weighted by molar-refractivity contribution is 7.92. The summed E-state index contributed by atoms with van der Waals surface area (Å²) in [7, 11) is -4.08. The van der Waals surface area contributed by atoms with Crippen LogP contribution in [0.5, 0.6) is 0 Å². The molecular formula is C26H32F3NO4S. The molecule has 2 aromatic carbocycles. The molecular weight excluding hydrogens is 479 g/mol. The zero-order valence-electron chi connectivity index (χ0n) is 20.3. The predicted octanol–water partition coefficient (Wildman–Crippen LogP) is 5.26. The number of nitrogens with zero attached hydrogens (tertiary/aromatic N) is 1. The summed E-state index contributed by atoms with van der Waals surface area (Å²) in [4.78, 5) is 14.6. The van der Waals surface area contributed by atoms with Crippen molar-refractivity contribution in [1.82, 2.24) is 4.90 Å². The standard InChI is InChI=1S/C26H32F3NO4S/c1-24(2,22(31)18-9-6-5-7-10-18)23(32)30-15-13-19(14-16-30)25(3,4)35(33,34)21-12-8-11-20(17-21)26(27,28)29/h5-12,17,19,22,31H,13-16H2,1-4H3. The first-order valence-corrected chi connectivity index (χ1v) is 13.0. The third-order valence-corrected chi connectivity index (χ3v) is 9.87. The molecule has 3 rings (SSSR count). The van der Waals surface area contributed by atoms with Gasteiger partial charge in [-0.25, -0.2) is 8.42 Å². The van der Waals surface area contributed by atoms with Gasteiger partial charge in [0.25, 0.3) is 0 Å². The second-order valence-electron chi connectivity index (χ2n) is 10.2. The van der Waals surface area contributed by atoms with Crippen molar-refractivity contribution in [2.75, 3.05) is 13.1 Å². The van der Waals surface area contributed by atoms with E-state index in [2.05, 4.69) is 0 Å². The van der Waals surface area contributed by atoms with Crippen LogP contribution in [-0.4, -0.2) is 42.2 Å². The van der Waals surface area contributed by atoms with E-state index in [1.54, 1.807) is 43.0 Å². The minimum absolute atomic E-state index is 0.231. The van der Waals surface area contributed by atoms with Crippen LogP contribution in [0.25, 0.3) is 0 Å². The van der Waals surface area contributed by atoms with Crippen molar-refractivity contribution in [3.05, 3.63) is 65.7 Å². The monoisotopic (exact) mass is 511 g/mol. The second kappa shape index (κ2) is 9.58. The van der Waals surface area contributed by atoms with Crippen molar-refractivity contribution in [3.63, 3.8) is 0 Å². The summed E-state index contributed by atoms with van der Waals surface area (Å²) in [6, 6.07) is 12.7. The Hall–Kier alpha value is -2.39. The number of sulfone groups is 1.